The van der Waals surface area contributed by atoms with Gasteiger partial charge in [-0.25, -0.2) is 14.1 Å². The van der Waals surface area contributed by atoms with Gasteiger partial charge in [-0.05, 0) is 56.4 Å². The number of fused-ring (bicyclic) bond motifs is 2. The van der Waals surface area contributed by atoms with Crippen LogP contribution in [-0.2, 0) is 7.05 Å². The molecule has 0 N–H and O–H groups in total. The molecule has 4 nitrogen and oxygen atoms in total. The molecule has 1 aliphatic rings. The number of rotatable bonds is 3. The summed E-state index contributed by atoms with van der Waals surface area (Å²) < 4.78 is 11.3. The van der Waals surface area contributed by atoms with Crippen LogP contribution in [0.1, 0.15) is 69.4 Å². The van der Waals surface area contributed by atoms with E-state index in [0.29, 0.717) is 6.04 Å². The molecule has 5 rings (SSSR count). The Kier molecular flexibility index (Phi) is 4.45. The topological polar surface area (TPSA) is 34.8 Å². The molecule has 29 heavy (non-hydrogen) atoms. The first-order valence-electron chi connectivity index (χ1n) is 11.0. The van der Waals surface area contributed by atoms with Gasteiger partial charge in [0.2, 0.25) is 0 Å². The molecule has 2 heterocycles. The second-order valence-electron chi connectivity index (χ2n) is 8.85. The summed E-state index contributed by atoms with van der Waals surface area (Å²) in [6.45, 7) is 6.46. The Labute approximate surface area is 172 Å². The lowest BCUT2D eigenvalue weighted by Crippen LogP contribution is -2.31. The highest BCUT2D eigenvalue weighted by atomic mass is 16.3. The highest BCUT2D eigenvalue weighted by Crippen LogP contribution is 2.39. The predicted molar refractivity (Wildman–Crippen MR) is 117 cm³/mol. The largest absolute Gasteiger partial charge is 0.439 e. The van der Waals surface area contributed by atoms with Gasteiger partial charge in [-0.1, -0.05) is 38.5 Å². The molecule has 1 saturated carbocycles. The number of benzene rings is 2. The van der Waals surface area contributed by atoms with Gasteiger partial charge in [0, 0.05) is 5.92 Å². The van der Waals surface area contributed by atoms with E-state index in [4.69, 9.17) is 9.40 Å². The molecule has 1 aliphatic carbocycles. The summed E-state index contributed by atoms with van der Waals surface area (Å²) in [5.41, 5.74) is 6.88. The fraction of sp³-hybridized carbons (Fsp3) is 0.440. The van der Waals surface area contributed by atoms with E-state index in [1.54, 1.807) is 0 Å². The Bertz CT molecular complexity index is 1190. The van der Waals surface area contributed by atoms with E-state index in [1.165, 1.54) is 60.1 Å². The van der Waals surface area contributed by atoms with Gasteiger partial charge in [0.25, 0.3) is 5.82 Å². The molecular formula is C25H30N3O+. The highest BCUT2D eigenvalue weighted by molar-refractivity contribution is 5.91. The SMILES string of the molecule is Cc1ccc2nc(C(C)C)oc2c1-c1n(C2CCCCC2)c2ccccc2[n+]1C. The van der Waals surface area contributed by atoms with Crippen molar-refractivity contribution in [3.05, 3.63) is 47.9 Å². The Morgan fingerprint density at radius 1 is 1.07 bits per heavy atom. The minimum Gasteiger partial charge on any atom is -0.439 e. The third kappa shape index (κ3) is 2.88. The molecule has 4 heteroatoms. The summed E-state index contributed by atoms with van der Waals surface area (Å²) in [5.74, 6) is 2.33. The zero-order valence-corrected chi connectivity index (χ0v) is 17.9. The van der Waals surface area contributed by atoms with E-state index in [0.717, 1.165) is 17.0 Å². The average Bonchev–Trinajstić information content (AvgIpc) is 3.29. The molecule has 1 fully saturated rings. The second-order valence-corrected chi connectivity index (χ2v) is 8.85. The van der Waals surface area contributed by atoms with E-state index in [9.17, 15) is 0 Å². The van der Waals surface area contributed by atoms with Gasteiger partial charge >= 0.3 is 0 Å². The molecule has 0 bridgehead atoms. The molecule has 0 saturated heterocycles. The van der Waals surface area contributed by atoms with Crippen molar-refractivity contribution in [3.8, 4) is 11.4 Å². The summed E-state index contributed by atoms with van der Waals surface area (Å²) in [6, 6.07) is 13.6. The molecule has 0 amide bonds. The van der Waals surface area contributed by atoms with Crippen LogP contribution in [-0.4, -0.2) is 9.55 Å². The first-order chi connectivity index (χ1) is 14.1. The Morgan fingerprint density at radius 2 is 1.83 bits per heavy atom. The number of aryl methyl sites for hydroxylation is 2. The van der Waals surface area contributed by atoms with Crippen LogP contribution < -0.4 is 4.57 Å². The van der Waals surface area contributed by atoms with E-state index >= 15 is 0 Å². The van der Waals surface area contributed by atoms with Crippen LogP contribution in [0.15, 0.2) is 40.8 Å². The molecule has 0 unspecified atom stereocenters. The van der Waals surface area contributed by atoms with E-state index < -0.39 is 0 Å². The van der Waals surface area contributed by atoms with Crippen molar-refractivity contribution in [2.45, 2.75) is 64.8 Å². The summed E-state index contributed by atoms with van der Waals surface area (Å²) >= 11 is 0. The van der Waals surface area contributed by atoms with Crippen LogP contribution in [0.25, 0.3) is 33.5 Å². The predicted octanol–water partition coefficient (Wildman–Crippen LogP) is 6.21. The lowest BCUT2D eigenvalue weighted by atomic mass is 9.94. The number of hydrogen-bond acceptors (Lipinski definition) is 2. The normalized spacial score (nSPS) is 15.8. The van der Waals surface area contributed by atoms with Crippen LogP contribution in [0.4, 0.5) is 0 Å². The lowest BCUT2D eigenvalue weighted by Gasteiger charge is -2.21. The van der Waals surface area contributed by atoms with E-state index in [-0.39, 0.29) is 5.92 Å². The van der Waals surface area contributed by atoms with Gasteiger partial charge in [-0.2, -0.15) is 0 Å². The number of oxazole rings is 1. The van der Waals surface area contributed by atoms with Gasteiger partial charge in [-0.15, -0.1) is 0 Å². The minimum absolute atomic E-state index is 0.272. The molecule has 0 aliphatic heterocycles. The molecule has 0 radical (unpaired) electrons. The van der Waals surface area contributed by atoms with Crippen LogP contribution >= 0.6 is 0 Å². The van der Waals surface area contributed by atoms with Crippen LogP contribution in [0.3, 0.4) is 0 Å². The number of aromatic nitrogens is 3. The molecule has 2 aromatic carbocycles. The molecule has 2 aromatic heterocycles. The second kappa shape index (κ2) is 7.01. The third-order valence-electron chi connectivity index (χ3n) is 6.49. The molecule has 0 spiro atoms. The molecule has 4 aromatic rings. The van der Waals surface area contributed by atoms with Crippen molar-refractivity contribution in [1.82, 2.24) is 9.55 Å². The van der Waals surface area contributed by atoms with Crippen molar-refractivity contribution < 1.29 is 8.98 Å². The maximum absolute atomic E-state index is 6.35. The zero-order valence-electron chi connectivity index (χ0n) is 17.9. The van der Waals surface area contributed by atoms with Gasteiger partial charge < -0.3 is 4.42 Å². The maximum atomic E-state index is 6.35. The third-order valence-corrected chi connectivity index (χ3v) is 6.49. The van der Waals surface area contributed by atoms with Gasteiger partial charge in [-0.3, -0.25) is 0 Å². The number of hydrogen-bond donors (Lipinski definition) is 0. The number of para-hydroxylation sites is 2. The molecular weight excluding hydrogens is 358 g/mol. The van der Waals surface area contributed by atoms with Gasteiger partial charge in [0.1, 0.15) is 17.1 Å². The monoisotopic (exact) mass is 388 g/mol. The van der Waals surface area contributed by atoms with Crippen molar-refractivity contribution in [2.24, 2.45) is 7.05 Å². The van der Waals surface area contributed by atoms with Gasteiger partial charge in [0.05, 0.1) is 7.05 Å². The number of nitrogens with zero attached hydrogens (tertiary/aromatic N) is 3. The first kappa shape index (κ1) is 18.4. The van der Waals surface area contributed by atoms with E-state index in [1.807, 2.05) is 0 Å². The molecule has 0 atom stereocenters. The highest BCUT2D eigenvalue weighted by Gasteiger charge is 2.33. The summed E-state index contributed by atoms with van der Waals surface area (Å²) in [5, 5.41) is 0. The summed E-state index contributed by atoms with van der Waals surface area (Å²) in [6.07, 6.45) is 6.46. The molecule has 150 valence electrons. The maximum Gasteiger partial charge on any atom is 0.294 e. The quantitative estimate of drug-likeness (QED) is 0.391. The van der Waals surface area contributed by atoms with E-state index in [2.05, 4.69) is 73.4 Å². The van der Waals surface area contributed by atoms with Crippen molar-refractivity contribution in [3.63, 3.8) is 0 Å². The minimum atomic E-state index is 0.272. The van der Waals surface area contributed by atoms with Crippen LogP contribution in [0, 0.1) is 6.92 Å². The fourth-order valence-corrected chi connectivity index (χ4v) is 4.97. The van der Waals surface area contributed by atoms with Crippen molar-refractivity contribution in [1.29, 1.82) is 0 Å². The van der Waals surface area contributed by atoms with Crippen LogP contribution in [0.2, 0.25) is 0 Å². The summed E-state index contributed by atoms with van der Waals surface area (Å²) in [7, 11) is 2.19. The first-order valence-corrected chi connectivity index (χ1v) is 11.0. The Balaban J connectivity index is 1.86. The number of imidazole rings is 1. The van der Waals surface area contributed by atoms with Gasteiger partial charge in [0.15, 0.2) is 22.5 Å². The lowest BCUT2D eigenvalue weighted by molar-refractivity contribution is -0.634. The van der Waals surface area contributed by atoms with Crippen LogP contribution in [0.5, 0.6) is 0 Å². The average molecular weight is 389 g/mol. The summed E-state index contributed by atoms with van der Waals surface area (Å²) in [4.78, 5) is 4.78. The Morgan fingerprint density at radius 3 is 2.59 bits per heavy atom. The zero-order chi connectivity index (χ0) is 20.1. The Hall–Kier alpha value is -2.62. The van der Waals surface area contributed by atoms with Crippen molar-refractivity contribution >= 4 is 22.1 Å². The fourth-order valence-electron chi connectivity index (χ4n) is 4.97. The smallest absolute Gasteiger partial charge is 0.294 e. The van der Waals surface area contributed by atoms with Crippen molar-refractivity contribution in [2.75, 3.05) is 0 Å². The standard InChI is InChI=1S/C25H30N3O/c1-16(2)24-26-19-15-14-17(3)22(23(19)29-24)25-27(4)20-12-8-9-13-21(20)28(25)18-10-6-5-7-11-18/h8-9,12-16,18H,5-7,10-11H2,1-4H3/q+1.